The molecule has 2 atom stereocenters. The maximum Gasteiger partial charge on any atom is 0.254 e. The SMILES string of the molecule is O=C1CN(S(=O)(=O)c2cccc(C(=O)N3C4CCNCC3CC4)c2)CCN1. The Kier molecular flexibility index (Phi) is 4.92. The number of amides is 2. The van der Waals surface area contributed by atoms with E-state index in [1.165, 1.54) is 12.1 Å². The highest BCUT2D eigenvalue weighted by molar-refractivity contribution is 7.89. The quantitative estimate of drug-likeness (QED) is 0.741. The van der Waals surface area contributed by atoms with E-state index in [-0.39, 0.29) is 41.9 Å². The highest BCUT2D eigenvalue weighted by atomic mass is 32.2. The molecule has 146 valence electrons. The Labute approximate surface area is 158 Å². The van der Waals surface area contributed by atoms with Crippen LogP contribution < -0.4 is 10.6 Å². The first kappa shape index (κ1) is 18.4. The number of nitrogens with one attached hydrogen (secondary N) is 2. The molecule has 3 aliphatic heterocycles. The first-order valence-corrected chi connectivity index (χ1v) is 10.8. The summed E-state index contributed by atoms with van der Waals surface area (Å²) in [6, 6.07) is 6.57. The van der Waals surface area contributed by atoms with Gasteiger partial charge in [0.2, 0.25) is 15.9 Å². The number of piperazine rings is 1. The molecule has 3 heterocycles. The molecule has 1 aromatic rings. The zero-order valence-corrected chi connectivity index (χ0v) is 15.9. The molecule has 27 heavy (non-hydrogen) atoms. The van der Waals surface area contributed by atoms with E-state index < -0.39 is 10.0 Å². The van der Waals surface area contributed by atoms with Crippen LogP contribution in [0.1, 0.15) is 29.6 Å². The minimum atomic E-state index is -3.81. The lowest BCUT2D eigenvalue weighted by molar-refractivity contribution is -0.122. The number of carbonyl (C=O) groups is 2. The molecule has 3 aliphatic rings. The van der Waals surface area contributed by atoms with Crippen molar-refractivity contribution in [3.63, 3.8) is 0 Å². The normalized spacial score (nSPS) is 26.5. The fraction of sp³-hybridized carbons (Fsp3) is 0.556. The third-order valence-electron chi connectivity index (χ3n) is 5.61. The van der Waals surface area contributed by atoms with Gasteiger partial charge < -0.3 is 15.5 Å². The van der Waals surface area contributed by atoms with Gasteiger partial charge in [-0.2, -0.15) is 4.31 Å². The Balaban J connectivity index is 1.60. The minimum Gasteiger partial charge on any atom is -0.354 e. The molecular formula is C18H24N4O4S. The lowest BCUT2D eigenvalue weighted by Gasteiger charge is -2.28. The first-order chi connectivity index (χ1) is 13.0. The van der Waals surface area contributed by atoms with Crippen LogP contribution in [0.5, 0.6) is 0 Å². The summed E-state index contributed by atoms with van der Waals surface area (Å²) >= 11 is 0. The van der Waals surface area contributed by atoms with Gasteiger partial charge in [0.1, 0.15) is 0 Å². The van der Waals surface area contributed by atoms with Gasteiger partial charge in [-0.05, 0) is 44.0 Å². The number of benzene rings is 1. The predicted molar refractivity (Wildman–Crippen MR) is 98.7 cm³/mol. The van der Waals surface area contributed by atoms with Crippen LogP contribution in [0.25, 0.3) is 0 Å². The van der Waals surface area contributed by atoms with Crippen molar-refractivity contribution in [1.82, 2.24) is 19.8 Å². The molecule has 4 rings (SSSR count). The number of hydrogen-bond acceptors (Lipinski definition) is 5. The first-order valence-electron chi connectivity index (χ1n) is 9.37. The lowest BCUT2D eigenvalue weighted by atomic mass is 10.1. The van der Waals surface area contributed by atoms with Crippen molar-refractivity contribution in [1.29, 1.82) is 0 Å². The largest absolute Gasteiger partial charge is 0.354 e. The molecule has 0 saturated carbocycles. The van der Waals surface area contributed by atoms with Crippen molar-refractivity contribution < 1.29 is 18.0 Å². The van der Waals surface area contributed by atoms with Gasteiger partial charge in [-0.15, -0.1) is 0 Å². The molecule has 3 saturated heterocycles. The van der Waals surface area contributed by atoms with Gasteiger partial charge in [-0.25, -0.2) is 8.42 Å². The topological polar surface area (TPSA) is 98.8 Å². The number of sulfonamides is 1. The summed E-state index contributed by atoms with van der Waals surface area (Å²) in [6.45, 7) is 2.01. The second-order valence-corrected chi connectivity index (χ2v) is 9.24. The van der Waals surface area contributed by atoms with Crippen LogP contribution in [0.15, 0.2) is 29.2 Å². The second-order valence-electron chi connectivity index (χ2n) is 7.31. The summed E-state index contributed by atoms with van der Waals surface area (Å²) in [5.74, 6) is -0.426. The van der Waals surface area contributed by atoms with Crippen LogP contribution in [0.4, 0.5) is 0 Å². The molecule has 2 amide bonds. The smallest absolute Gasteiger partial charge is 0.254 e. The average molecular weight is 392 g/mol. The second kappa shape index (κ2) is 7.21. The third-order valence-corrected chi connectivity index (χ3v) is 7.45. The maximum absolute atomic E-state index is 13.1. The van der Waals surface area contributed by atoms with Gasteiger partial charge >= 0.3 is 0 Å². The average Bonchev–Trinajstić information content (AvgIpc) is 2.94. The van der Waals surface area contributed by atoms with Gasteiger partial charge in [0.25, 0.3) is 5.91 Å². The van der Waals surface area contributed by atoms with E-state index in [0.717, 1.165) is 36.7 Å². The highest BCUT2D eigenvalue weighted by Gasteiger charge is 2.38. The molecule has 0 spiro atoms. The number of nitrogens with zero attached hydrogens (tertiary/aromatic N) is 2. The van der Waals surface area contributed by atoms with Crippen LogP contribution in [0.3, 0.4) is 0 Å². The highest BCUT2D eigenvalue weighted by Crippen LogP contribution is 2.30. The predicted octanol–water partition coefficient (Wildman–Crippen LogP) is -0.226. The zero-order chi connectivity index (χ0) is 19.0. The van der Waals surface area contributed by atoms with Crippen molar-refractivity contribution in [2.24, 2.45) is 0 Å². The summed E-state index contributed by atoms with van der Waals surface area (Å²) in [5, 5.41) is 5.98. The summed E-state index contributed by atoms with van der Waals surface area (Å²) < 4.78 is 26.9. The van der Waals surface area contributed by atoms with Crippen molar-refractivity contribution in [2.75, 3.05) is 32.7 Å². The van der Waals surface area contributed by atoms with Crippen molar-refractivity contribution in [2.45, 2.75) is 36.2 Å². The molecule has 0 aliphatic carbocycles. The van der Waals surface area contributed by atoms with Crippen molar-refractivity contribution >= 4 is 21.8 Å². The summed E-state index contributed by atoms with van der Waals surface area (Å²) in [5.41, 5.74) is 0.385. The van der Waals surface area contributed by atoms with Gasteiger partial charge in [0, 0.05) is 37.3 Å². The standard InChI is InChI=1S/C18H24N4O4S/c23-17-12-21(9-8-20-17)27(25,26)16-3-1-2-13(10-16)18(24)22-14-4-5-15(22)11-19-7-6-14/h1-3,10,14-15,19H,4-9,11-12H2,(H,20,23). The Morgan fingerprint density at radius 3 is 2.74 bits per heavy atom. The van der Waals surface area contributed by atoms with E-state index in [2.05, 4.69) is 10.6 Å². The molecule has 0 aromatic heterocycles. The minimum absolute atomic E-state index is 0.0587. The molecule has 8 nitrogen and oxygen atoms in total. The van der Waals surface area contributed by atoms with Gasteiger partial charge in [-0.1, -0.05) is 6.07 Å². The molecular weight excluding hydrogens is 368 g/mol. The van der Waals surface area contributed by atoms with E-state index in [1.54, 1.807) is 12.1 Å². The van der Waals surface area contributed by atoms with E-state index in [9.17, 15) is 18.0 Å². The molecule has 9 heteroatoms. The van der Waals surface area contributed by atoms with E-state index in [0.29, 0.717) is 12.1 Å². The molecule has 2 unspecified atom stereocenters. The maximum atomic E-state index is 13.1. The molecule has 2 N–H and O–H groups in total. The van der Waals surface area contributed by atoms with Gasteiger partial charge in [0.15, 0.2) is 0 Å². The molecule has 0 radical (unpaired) electrons. The number of carbonyl (C=O) groups excluding carboxylic acids is 2. The fourth-order valence-electron chi connectivity index (χ4n) is 4.22. The Hall–Kier alpha value is -1.97. The number of rotatable bonds is 3. The van der Waals surface area contributed by atoms with E-state index in [1.807, 2.05) is 4.90 Å². The summed E-state index contributed by atoms with van der Waals surface area (Å²) in [7, 11) is -3.81. The lowest BCUT2D eigenvalue weighted by Crippen LogP contribution is -2.49. The van der Waals surface area contributed by atoms with E-state index in [4.69, 9.17) is 0 Å². The number of hydrogen-bond donors (Lipinski definition) is 2. The van der Waals surface area contributed by atoms with Crippen LogP contribution in [-0.2, 0) is 14.8 Å². The van der Waals surface area contributed by atoms with Crippen LogP contribution in [0.2, 0.25) is 0 Å². The number of fused-ring (bicyclic) bond motifs is 2. The Morgan fingerprint density at radius 1 is 1.11 bits per heavy atom. The summed E-state index contributed by atoms with van der Waals surface area (Å²) in [4.78, 5) is 26.7. The molecule has 2 bridgehead atoms. The van der Waals surface area contributed by atoms with Crippen LogP contribution in [0, 0.1) is 0 Å². The molecule has 1 aromatic carbocycles. The van der Waals surface area contributed by atoms with Crippen molar-refractivity contribution in [3.8, 4) is 0 Å². The third kappa shape index (κ3) is 3.46. The van der Waals surface area contributed by atoms with Gasteiger partial charge in [0.05, 0.1) is 11.4 Å². The van der Waals surface area contributed by atoms with Crippen molar-refractivity contribution in [3.05, 3.63) is 29.8 Å². The zero-order valence-electron chi connectivity index (χ0n) is 15.1. The monoisotopic (exact) mass is 392 g/mol. The van der Waals surface area contributed by atoms with Crippen LogP contribution in [-0.4, -0.2) is 74.2 Å². The summed E-state index contributed by atoms with van der Waals surface area (Å²) in [6.07, 6.45) is 2.90. The Bertz CT molecular complexity index is 843. The van der Waals surface area contributed by atoms with Gasteiger partial charge in [-0.3, -0.25) is 9.59 Å². The van der Waals surface area contributed by atoms with E-state index >= 15 is 0 Å². The fourth-order valence-corrected chi connectivity index (χ4v) is 5.67. The Morgan fingerprint density at radius 2 is 1.93 bits per heavy atom. The van der Waals surface area contributed by atoms with Crippen LogP contribution >= 0.6 is 0 Å². The molecule has 3 fully saturated rings.